The van der Waals surface area contributed by atoms with E-state index >= 15 is 0 Å². The van der Waals surface area contributed by atoms with Crippen molar-refractivity contribution in [3.05, 3.63) is 69.7 Å². The molecule has 19 heavy (non-hydrogen) atoms. The van der Waals surface area contributed by atoms with E-state index in [0.717, 1.165) is 10.0 Å². The van der Waals surface area contributed by atoms with Crippen LogP contribution in [0.3, 0.4) is 0 Å². The summed E-state index contributed by atoms with van der Waals surface area (Å²) in [6, 6.07) is 12.5. The second-order valence-electron chi connectivity index (χ2n) is 4.25. The number of halogens is 1. The van der Waals surface area contributed by atoms with Gasteiger partial charge in [-0.15, -0.1) is 0 Å². The zero-order valence-electron chi connectivity index (χ0n) is 10.4. The van der Waals surface area contributed by atoms with Gasteiger partial charge in [0, 0.05) is 10.0 Å². The topological polar surface area (TPSA) is 37.3 Å². The van der Waals surface area contributed by atoms with Crippen LogP contribution in [0.1, 0.15) is 21.5 Å². The molecule has 0 aliphatic rings. The summed E-state index contributed by atoms with van der Waals surface area (Å²) in [6.07, 6.45) is 3.31. The highest BCUT2D eigenvalue weighted by molar-refractivity contribution is 9.10. The van der Waals surface area contributed by atoms with E-state index in [2.05, 4.69) is 15.9 Å². The van der Waals surface area contributed by atoms with E-state index in [0.29, 0.717) is 11.1 Å². The summed E-state index contributed by atoms with van der Waals surface area (Å²) in [7, 11) is 0. The normalized spacial score (nSPS) is 10.8. The standard InChI is InChI=1S/C16H13BrO2/c1-11-10-13(5-9-15(11)18)16(19)8-4-12-2-6-14(17)7-3-12/h2-10,18H,1H3/b8-4+. The average molecular weight is 317 g/mol. The number of aromatic hydroxyl groups is 1. The van der Waals surface area contributed by atoms with Crippen LogP contribution in [-0.4, -0.2) is 10.9 Å². The van der Waals surface area contributed by atoms with Crippen molar-refractivity contribution in [2.45, 2.75) is 6.92 Å². The molecule has 1 N–H and O–H groups in total. The van der Waals surface area contributed by atoms with Crippen molar-refractivity contribution in [1.82, 2.24) is 0 Å². The lowest BCUT2D eigenvalue weighted by atomic mass is 10.1. The molecule has 0 aromatic heterocycles. The number of hydrogen-bond donors (Lipinski definition) is 1. The van der Waals surface area contributed by atoms with E-state index in [9.17, 15) is 9.90 Å². The third kappa shape index (κ3) is 3.55. The molecule has 2 aromatic carbocycles. The molecule has 96 valence electrons. The van der Waals surface area contributed by atoms with E-state index in [1.165, 1.54) is 12.1 Å². The summed E-state index contributed by atoms with van der Waals surface area (Å²) in [6.45, 7) is 1.77. The molecule has 0 aliphatic carbocycles. The van der Waals surface area contributed by atoms with Gasteiger partial charge in [0.15, 0.2) is 5.78 Å². The molecule has 0 unspecified atom stereocenters. The van der Waals surface area contributed by atoms with Crippen molar-refractivity contribution in [2.75, 3.05) is 0 Å². The largest absolute Gasteiger partial charge is 0.508 e. The monoisotopic (exact) mass is 316 g/mol. The van der Waals surface area contributed by atoms with Crippen LogP contribution in [0.25, 0.3) is 6.08 Å². The molecule has 2 aromatic rings. The van der Waals surface area contributed by atoms with Crippen molar-refractivity contribution in [1.29, 1.82) is 0 Å². The van der Waals surface area contributed by atoms with Gasteiger partial charge in [-0.1, -0.05) is 34.1 Å². The quantitative estimate of drug-likeness (QED) is 0.674. The Morgan fingerprint density at radius 3 is 2.47 bits per heavy atom. The molecule has 0 heterocycles. The van der Waals surface area contributed by atoms with Crippen LogP contribution in [0.5, 0.6) is 5.75 Å². The van der Waals surface area contributed by atoms with E-state index < -0.39 is 0 Å². The first-order chi connectivity index (χ1) is 9.06. The van der Waals surface area contributed by atoms with Gasteiger partial charge in [0.2, 0.25) is 0 Å². The minimum Gasteiger partial charge on any atom is -0.508 e. The highest BCUT2D eigenvalue weighted by Gasteiger charge is 2.04. The SMILES string of the molecule is Cc1cc(C(=O)/C=C/c2ccc(Br)cc2)ccc1O. The first-order valence-electron chi connectivity index (χ1n) is 5.84. The smallest absolute Gasteiger partial charge is 0.185 e. The van der Waals surface area contributed by atoms with E-state index in [-0.39, 0.29) is 11.5 Å². The average Bonchev–Trinajstić information content (AvgIpc) is 2.41. The van der Waals surface area contributed by atoms with Gasteiger partial charge in [-0.05, 0) is 54.5 Å². The number of benzene rings is 2. The number of carbonyl (C=O) groups is 1. The van der Waals surface area contributed by atoms with Gasteiger partial charge >= 0.3 is 0 Å². The maximum absolute atomic E-state index is 12.0. The Bertz CT molecular complexity index is 628. The number of ketones is 1. The van der Waals surface area contributed by atoms with Crippen molar-refractivity contribution in [3.63, 3.8) is 0 Å². The van der Waals surface area contributed by atoms with E-state index in [1.54, 1.807) is 25.1 Å². The van der Waals surface area contributed by atoms with Crippen molar-refractivity contribution in [2.24, 2.45) is 0 Å². The Morgan fingerprint density at radius 2 is 1.84 bits per heavy atom. The Hall–Kier alpha value is -1.87. The minimum atomic E-state index is -0.0778. The lowest BCUT2D eigenvalue weighted by molar-refractivity contribution is 0.104. The van der Waals surface area contributed by atoms with Crippen molar-refractivity contribution >= 4 is 27.8 Å². The molecule has 0 spiro atoms. The predicted molar refractivity (Wildman–Crippen MR) is 80.4 cm³/mol. The molecule has 0 saturated carbocycles. The predicted octanol–water partition coefficient (Wildman–Crippen LogP) is 4.36. The third-order valence-corrected chi connectivity index (χ3v) is 3.31. The molecule has 2 nitrogen and oxygen atoms in total. The lowest BCUT2D eigenvalue weighted by Gasteiger charge is -2.01. The Kier molecular flexibility index (Phi) is 4.17. The van der Waals surface area contributed by atoms with Gasteiger partial charge in [0.05, 0.1) is 0 Å². The van der Waals surface area contributed by atoms with Gasteiger partial charge in [-0.2, -0.15) is 0 Å². The number of phenolic OH excluding ortho intramolecular Hbond substituents is 1. The molecular weight excluding hydrogens is 304 g/mol. The fraction of sp³-hybridized carbons (Fsp3) is 0.0625. The Balaban J connectivity index is 2.16. The zero-order valence-corrected chi connectivity index (χ0v) is 12.0. The lowest BCUT2D eigenvalue weighted by Crippen LogP contribution is -1.94. The Labute approximate surface area is 120 Å². The highest BCUT2D eigenvalue weighted by atomic mass is 79.9. The summed E-state index contributed by atoms with van der Waals surface area (Å²) >= 11 is 3.36. The van der Waals surface area contributed by atoms with Crippen LogP contribution in [0.4, 0.5) is 0 Å². The molecule has 0 radical (unpaired) electrons. The van der Waals surface area contributed by atoms with Crippen LogP contribution < -0.4 is 0 Å². The zero-order chi connectivity index (χ0) is 13.8. The maximum atomic E-state index is 12.0. The first kappa shape index (κ1) is 13.6. The number of rotatable bonds is 3. The molecule has 2 rings (SSSR count). The molecule has 0 aliphatic heterocycles. The maximum Gasteiger partial charge on any atom is 0.185 e. The molecule has 0 amide bonds. The number of carbonyl (C=O) groups excluding carboxylic acids is 1. The number of phenols is 1. The van der Waals surface area contributed by atoms with E-state index in [1.807, 2.05) is 24.3 Å². The Morgan fingerprint density at radius 1 is 1.16 bits per heavy atom. The molecule has 0 atom stereocenters. The van der Waals surface area contributed by atoms with Gasteiger partial charge in [0.25, 0.3) is 0 Å². The summed E-state index contributed by atoms with van der Waals surface area (Å²) in [4.78, 5) is 12.0. The van der Waals surface area contributed by atoms with Crippen molar-refractivity contribution < 1.29 is 9.90 Å². The molecule has 3 heteroatoms. The molecule has 0 saturated heterocycles. The fourth-order valence-corrected chi connectivity index (χ4v) is 1.92. The second-order valence-corrected chi connectivity index (χ2v) is 5.17. The fourth-order valence-electron chi connectivity index (χ4n) is 1.65. The van der Waals surface area contributed by atoms with Crippen LogP contribution in [-0.2, 0) is 0 Å². The van der Waals surface area contributed by atoms with Crippen LogP contribution in [0.15, 0.2) is 53.0 Å². The van der Waals surface area contributed by atoms with Crippen LogP contribution >= 0.6 is 15.9 Å². The molecule has 0 bridgehead atoms. The van der Waals surface area contributed by atoms with E-state index in [4.69, 9.17) is 0 Å². The highest BCUT2D eigenvalue weighted by Crippen LogP contribution is 2.18. The summed E-state index contributed by atoms with van der Waals surface area (Å²) < 4.78 is 1.00. The second kappa shape index (κ2) is 5.85. The number of aryl methyl sites for hydroxylation is 1. The van der Waals surface area contributed by atoms with Gasteiger partial charge in [0.1, 0.15) is 5.75 Å². The number of allylic oxidation sites excluding steroid dienone is 1. The van der Waals surface area contributed by atoms with Gasteiger partial charge < -0.3 is 5.11 Å². The van der Waals surface area contributed by atoms with Crippen molar-refractivity contribution in [3.8, 4) is 5.75 Å². The van der Waals surface area contributed by atoms with Crippen LogP contribution in [0, 0.1) is 6.92 Å². The summed E-state index contributed by atoms with van der Waals surface area (Å²) in [5, 5.41) is 9.43. The molecular formula is C16H13BrO2. The molecule has 0 fully saturated rings. The van der Waals surface area contributed by atoms with Gasteiger partial charge in [-0.3, -0.25) is 4.79 Å². The summed E-state index contributed by atoms with van der Waals surface area (Å²) in [5.41, 5.74) is 2.23. The minimum absolute atomic E-state index is 0.0778. The third-order valence-electron chi connectivity index (χ3n) is 2.78. The van der Waals surface area contributed by atoms with Crippen LogP contribution in [0.2, 0.25) is 0 Å². The first-order valence-corrected chi connectivity index (χ1v) is 6.63. The summed E-state index contributed by atoms with van der Waals surface area (Å²) in [5.74, 6) is 0.124. The van der Waals surface area contributed by atoms with Gasteiger partial charge in [-0.25, -0.2) is 0 Å². The number of hydrogen-bond acceptors (Lipinski definition) is 2.